The van der Waals surface area contributed by atoms with Gasteiger partial charge in [-0.15, -0.1) is 0 Å². The quantitative estimate of drug-likeness (QED) is 0.867. The van der Waals surface area contributed by atoms with E-state index in [-0.39, 0.29) is 18.1 Å². The highest BCUT2D eigenvalue weighted by Crippen LogP contribution is 2.22. The minimum Gasteiger partial charge on any atom is -0.395 e. The van der Waals surface area contributed by atoms with E-state index in [0.717, 1.165) is 6.42 Å². The van der Waals surface area contributed by atoms with Crippen LogP contribution in [0, 0.1) is 11.8 Å². The summed E-state index contributed by atoms with van der Waals surface area (Å²) in [5.74, 6) is 5.64. The summed E-state index contributed by atoms with van der Waals surface area (Å²) in [6, 6.07) is 5.13. The van der Waals surface area contributed by atoms with Crippen LogP contribution in [0.2, 0.25) is 5.02 Å². The highest BCUT2D eigenvalue weighted by atomic mass is 35.5. The molecule has 4 heteroatoms. The third kappa shape index (κ3) is 4.49. The van der Waals surface area contributed by atoms with E-state index < -0.39 is 0 Å². The number of carbonyl (C=O) groups is 1. The Morgan fingerprint density at radius 2 is 2.10 bits per heavy atom. The molecule has 114 valence electrons. The van der Waals surface area contributed by atoms with Gasteiger partial charge >= 0.3 is 0 Å². The topological polar surface area (TPSA) is 40.5 Å². The number of carbonyl (C=O) groups excluding carboxylic acids is 1. The van der Waals surface area contributed by atoms with Gasteiger partial charge in [0.25, 0.3) is 5.91 Å². The van der Waals surface area contributed by atoms with Crippen molar-refractivity contribution < 1.29 is 9.90 Å². The van der Waals surface area contributed by atoms with Crippen molar-refractivity contribution in [3.05, 3.63) is 34.3 Å². The van der Waals surface area contributed by atoms with Gasteiger partial charge < -0.3 is 10.0 Å². The molecular formula is C17H22ClNO2. The van der Waals surface area contributed by atoms with E-state index in [1.54, 1.807) is 30.1 Å². The lowest BCUT2D eigenvalue weighted by Gasteiger charge is -2.35. The van der Waals surface area contributed by atoms with Crippen LogP contribution in [0.15, 0.2) is 18.2 Å². The Morgan fingerprint density at radius 3 is 2.62 bits per heavy atom. The van der Waals surface area contributed by atoms with Crippen molar-refractivity contribution in [1.82, 2.24) is 4.90 Å². The number of aliphatic hydroxyl groups is 1. The molecule has 0 aliphatic carbocycles. The Labute approximate surface area is 131 Å². The number of benzene rings is 1. The number of halogens is 1. The number of nitrogens with zero attached hydrogens (tertiary/aromatic N) is 1. The van der Waals surface area contributed by atoms with Crippen LogP contribution in [-0.4, -0.2) is 35.1 Å². The second-order valence-electron chi connectivity index (χ2n) is 5.50. The fourth-order valence-electron chi connectivity index (χ4n) is 1.67. The first-order valence-electron chi connectivity index (χ1n) is 7.01. The SMILES string of the molecule is CCC(C)(C)N(C)C(=O)c1ccc(C#CCCO)c(Cl)c1. The summed E-state index contributed by atoms with van der Waals surface area (Å²) in [6.07, 6.45) is 1.28. The summed E-state index contributed by atoms with van der Waals surface area (Å²) in [5.41, 5.74) is 1.01. The van der Waals surface area contributed by atoms with Gasteiger partial charge in [-0.25, -0.2) is 0 Å². The van der Waals surface area contributed by atoms with E-state index >= 15 is 0 Å². The largest absolute Gasteiger partial charge is 0.395 e. The number of amides is 1. The van der Waals surface area contributed by atoms with Gasteiger partial charge in [-0.2, -0.15) is 0 Å². The molecule has 0 saturated heterocycles. The monoisotopic (exact) mass is 307 g/mol. The van der Waals surface area contributed by atoms with E-state index in [9.17, 15) is 4.79 Å². The molecule has 21 heavy (non-hydrogen) atoms. The van der Waals surface area contributed by atoms with Crippen molar-refractivity contribution in [3.63, 3.8) is 0 Å². The van der Waals surface area contributed by atoms with Crippen molar-refractivity contribution >= 4 is 17.5 Å². The van der Waals surface area contributed by atoms with Crippen molar-refractivity contribution in [2.24, 2.45) is 0 Å². The van der Waals surface area contributed by atoms with E-state index in [1.807, 2.05) is 13.8 Å². The van der Waals surface area contributed by atoms with E-state index in [1.165, 1.54) is 0 Å². The maximum atomic E-state index is 12.5. The zero-order valence-electron chi connectivity index (χ0n) is 13.0. The summed E-state index contributed by atoms with van der Waals surface area (Å²) in [7, 11) is 1.80. The molecule has 0 spiro atoms. The molecule has 1 amide bonds. The van der Waals surface area contributed by atoms with Crippen LogP contribution in [0.4, 0.5) is 0 Å². The highest BCUT2D eigenvalue weighted by Gasteiger charge is 2.26. The Kier molecular flexibility index (Phi) is 6.26. The fraction of sp³-hybridized carbons (Fsp3) is 0.471. The van der Waals surface area contributed by atoms with Gasteiger partial charge in [0.15, 0.2) is 0 Å². The lowest BCUT2D eigenvalue weighted by molar-refractivity contribution is 0.0620. The molecule has 0 atom stereocenters. The average Bonchev–Trinajstić information content (AvgIpc) is 2.47. The summed E-state index contributed by atoms with van der Waals surface area (Å²) in [6.45, 7) is 6.14. The summed E-state index contributed by atoms with van der Waals surface area (Å²) >= 11 is 6.17. The summed E-state index contributed by atoms with van der Waals surface area (Å²) in [5, 5.41) is 9.16. The summed E-state index contributed by atoms with van der Waals surface area (Å²) < 4.78 is 0. The third-order valence-electron chi connectivity index (χ3n) is 3.75. The molecule has 0 aromatic heterocycles. The first kappa shape index (κ1) is 17.6. The van der Waals surface area contributed by atoms with E-state index in [4.69, 9.17) is 16.7 Å². The molecule has 0 heterocycles. The Morgan fingerprint density at radius 1 is 1.43 bits per heavy atom. The molecule has 0 aliphatic rings. The fourth-order valence-corrected chi connectivity index (χ4v) is 1.90. The Balaban J connectivity index is 2.99. The normalized spacial score (nSPS) is 10.8. The molecule has 0 saturated carbocycles. The van der Waals surface area contributed by atoms with Crippen LogP contribution in [0.1, 0.15) is 49.5 Å². The number of aliphatic hydroxyl groups excluding tert-OH is 1. The maximum Gasteiger partial charge on any atom is 0.254 e. The maximum absolute atomic E-state index is 12.5. The second kappa shape index (κ2) is 7.49. The molecule has 0 aliphatic heterocycles. The smallest absolute Gasteiger partial charge is 0.254 e. The van der Waals surface area contributed by atoms with Gasteiger partial charge in [-0.3, -0.25) is 4.79 Å². The van der Waals surface area contributed by atoms with Crippen LogP contribution in [0.3, 0.4) is 0 Å². The first-order valence-corrected chi connectivity index (χ1v) is 7.38. The van der Waals surface area contributed by atoms with Crippen molar-refractivity contribution in [3.8, 4) is 11.8 Å². The molecule has 1 N–H and O–H groups in total. The predicted molar refractivity (Wildman–Crippen MR) is 86.5 cm³/mol. The lowest BCUT2D eigenvalue weighted by atomic mass is 9.98. The van der Waals surface area contributed by atoms with Gasteiger partial charge in [0, 0.05) is 30.1 Å². The molecule has 0 bridgehead atoms. The van der Waals surface area contributed by atoms with Gasteiger partial charge in [0.1, 0.15) is 0 Å². The molecule has 1 rings (SSSR count). The minimum atomic E-state index is -0.205. The van der Waals surface area contributed by atoms with Crippen molar-refractivity contribution in [2.75, 3.05) is 13.7 Å². The first-order chi connectivity index (χ1) is 9.83. The summed E-state index contributed by atoms with van der Waals surface area (Å²) in [4.78, 5) is 14.2. The number of rotatable bonds is 4. The lowest BCUT2D eigenvalue weighted by Crippen LogP contribution is -2.44. The zero-order chi connectivity index (χ0) is 16.0. The molecule has 3 nitrogen and oxygen atoms in total. The standard InChI is InChI=1S/C17H22ClNO2/c1-5-17(2,3)19(4)16(21)14-10-9-13(15(18)12-14)8-6-7-11-20/h9-10,12,20H,5,7,11H2,1-4H3. The molecule has 0 radical (unpaired) electrons. The Bertz CT molecular complexity index is 570. The molecule has 0 unspecified atom stereocenters. The highest BCUT2D eigenvalue weighted by molar-refractivity contribution is 6.32. The van der Waals surface area contributed by atoms with Crippen molar-refractivity contribution in [2.45, 2.75) is 39.2 Å². The predicted octanol–water partition coefficient (Wildman–Crippen LogP) is 3.33. The van der Waals surface area contributed by atoms with E-state index in [0.29, 0.717) is 22.6 Å². The van der Waals surface area contributed by atoms with Crippen LogP contribution in [-0.2, 0) is 0 Å². The van der Waals surface area contributed by atoms with Gasteiger partial charge in [-0.05, 0) is 38.5 Å². The van der Waals surface area contributed by atoms with Crippen LogP contribution < -0.4 is 0 Å². The van der Waals surface area contributed by atoms with E-state index in [2.05, 4.69) is 18.8 Å². The second-order valence-corrected chi connectivity index (χ2v) is 5.91. The molecule has 1 aromatic rings. The van der Waals surface area contributed by atoms with Crippen LogP contribution >= 0.6 is 11.6 Å². The Hall–Kier alpha value is -1.50. The molecule has 1 aromatic carbocycles. The van der Waals surface area contributed by atoms with Gasteiger partial charge in [0.2, 0.25) is 0 Å². The average molecular weight is 308 g/mol. The zero-order valence-corrected chi connectivity index (χ0v) is 13.8. The van der Waals surface area contributed by atoms with Crippen molar-refractivity contribution in [1.29, 1.82) is 0 Å². The molecule has 0 fully saturated rings. The van der Waals surface area contributed by atoms with Gasteiger partial charge in [0.05, 0.1) is 11.6 Å². The van der Waals surface area contributed by atoms with Crippen LogP contribution in [0.5, 0.6) is 0 Å². The third-order valence-corrected chi connectivity index (χ3v) is 4.07. The minimum absolute atomic E-state index is 0.0259. The van der Waals surface area contributed by atoms with Gasteiger partial charge in [-0.1, -0.05) is 30.4 Å². The number of hydrogen-bond donors (Lipinski definition) is 1. The molecular weight excluding hydrogens is 286 g/mol. The number of hydrogen-bond acceptors (Lipinski definition) is 2. The van der Waals surface area contributed by atoms with Crippen LogP contribution in [0.25, 0.3) is 0 Å².